The standard InChI is InChI=1S/C29H25ClFN7OS2/c1-19-6-7-21(30)16-25(19)38-27(20-8-10-32-11-9-20)34-35-29(38)41-18-26-33-23(17-40-26)28(39)37-14-12-36(13-15-37)24-5-3-2-4-22(24)31/h2-11,16-17H,12-15,18H2,1H3. The van der Waals surface area contributed by atoms with Gasteiger partial charge in [0.05, 0.1) is 17.1 Å². The van der Waals surface area contributed by atoms with Crippen LogP contribution in [-0.4, -0.2) is 61.7 Å². The number of thioether (sulfide) groups is 1. The lowest BCUT2D eigenvalue weighted by Gasteiger charge is -2.35. The van der Waals surface area contributed by atoms with Gasteiger partial charge in [-0.05, 0) is 48.9 Å². The number of carbonyl (C=O) groups excluding carboxylic acids is 1. The summed E-state index contributed by atoms with van der Waals surface area (Å²) >= 11 is 9.31. The summed E-state index contributed by atoms with van der Waals surface area (Å²) in [6, 6.07) is 16.2. The van der Waals surface area contributed by atoms with Gasteiger partial charge in [-0.2, -0.15) is 0 Å². The van der Waals surface area contributed by atoms with Crippen LogP contribution in [0.5, 0.6) is 0 Å². The molecule has 2 aromatic carbocycles. The largest absolute Gasteiger partial charge is 0.366 e. The second kappa shape index (κ2) is 12.0. The molecule has 0 N–H and O–H groups in total. The van der Waals surface area contributed by atoms with Crippen LogP contribution in [0.15, 0.2) is 77.5 Å². The van der Waals surface area contributed by atoms with Crippen molar-refractivity contribution in [2.75, 3.05) is 31.1 Å². The van der Waals surface area contributed by atoms with Crippen molar-refractivity contribution >= 4 is 46.3 Å². The third-order valence-electron chi connectivity index (χ3n) is 6.84. The fraction of sp³-hybridized carbons (Fsp3) is 0.207. The second-order valence-electron chi connectivity index (χ2n) is 9.45. The van der Waals surface area contributed by atoms with Gasteiger partial charge in [0.15, 0.2) is 11.0 Å². The Labute approximate surface area is 249 Å². The van der Waals surface area contributed by atoms with Crippen LogP contribution in [0.1, 0.15) is 21.1 Å². The lowest BCUT2D eigenvalue weighted by molar-refractivity contribution is 0.0741. The van der Waals surface area contributed by atoms with Crippen molar-refractivity contribution in [1.82, 2.24) is 29.6 Å². The third-order valence-corrected chi connectivity index (χ3v) is 9.05. The number of carbonyl (C=O) groups is 1. The van der Waals surface area contributed by atoms with Crippen LogP contribution in [0.2, 0.25) is 5.02 Å². The summed E-state index contributed by atoms with van der Waals surface area (Å²) in [7, 11) is 0. The Balaban J connectivity index is 1.16. The molecule has 0 aliphatic carbocycles. The van der Waals surface area contributed by atoms with E-state index >= 15 is 0 Å². The quantitative estimate of drug-likeness (QED) is 0.206. The van der Waals surface area contributed by atoms with E-state index in [2.05, 4.69) is 20.2 Å². The van der Waals surface area contributed by atoms with Crippen LogP contribution in [0.4, 0.5) is 10.1 Å². The summed E-state index contributed by atoms with van der Waals surface area (Å²) in [5, 5.41) is 12.9. The molecule has 0 radical (unpaired) electrons. The number of hydrogen-bond donors (Lipinski definition) is 0. The first-order valence-corrected chi connectivity index (χ1v) is 15.2. The van der Waals surface area contributed by atoms with Gasteiger partial charge in [-0.1, -0.05) is 41.6 Å². The van der Waals surface area contributed by atoms with E-state index in [0.29, 0.717) is 59.3 Å². The van der Waals surface area contributed by atoms with Gasteiger partial charge in [0.25, 0.3) is 5.91 Å². The van der Waals surface area contributed by atoms with Crippen molar-refractivity contribution in [2.24, 2.45) is 0 Å². The maximum absolute atomic E-state index is 14.2. The number of thiazole rings is 1. The Morgan fingerprint density at radius 2 is 1.80 bits per heavy atom. The van der Waals surface area contributed by atoms with Gasteiger partial charge in [-0.3, -0.25) is 14.3 Å². The van der Waals surface area contributed by atoms with Crippen LogP contribution in [0.25, 0.3) is 17.1 Å². The molecule has 12 heteroatoms. The molecule has 0 bridgehead atoms. The fourth-order valence-electron chi connectivity index (χ4n) is 4.71. The van der Waals surface area contributed by atoms with E-state index in [4.69, 9.17) is 11.6 Å². The van der Waals surface area contributed by atoms with Crippen molar-refractivity contribution in [3.63, 3.8) is 0 Å². The molecular weight excluding hydrogens is 581 g/mol. The first kappa shape index (κ1) is 27.4. The van der Waals surface area contributed by atoms with Gasteiger partial charge in [-0.25, -0.2) is 9.37 Å². The zero-order valence-electron chi connectivity index (χ0n) is 22.1. The van der Waals surface area contributed by atoms with Gasteiger partial charge in [0, 0.05) is 54.5 Å². The number of para-hydroxylation sites is 1. The van der Waals surface area contributed by atoms with E-state index in [9.17, 15) is 9.18 Å². The molecule has 1 aliphatic rings. The first-order chi connectivity index (χ1) is 20.0. The average molecular weight is 606 g/mol. The predicted molar refractivity (Wildman–Crippen MR) is 161 cm³/mol. The normalized spacial score (nSPS) is 13.5. The third kappa shape index (κ3) is 5.83. The summed E-state index contributed by atoms with van der Waals surface area (Å²) in [5.41, 5.74) is 3.80. The summed E-state index contributed by atoms with van der Waals surface area (Å²) < 4.78 is 16.2. The van der Waals surface area contributed by atoms with Gasteiger partial charge in [-0.15, -0.1) is 21.5 Å². The Morgan fingerprint density at radius 1 is 1.02 bits per heavy atom. The van der Waals surface area contributed by atoms with Crippen molar-refractivity contribution < 1.29 is 9.18 Å². The molecule has 1 fully saturated rings. The topological polar surface area (TPSA) is 80.0 Å². The van der Waals surface area contributed by atoms with Crippen LogP contribution < -0.4 is 4.90 Å². The molecule has 8 nitrogen and oxygen atoms in total. The number of nitrogens with zero attached hydrogens (tertiary/aromatic N) is 7. The number of halogens is 2. The molecule has 208 valence electrons. The van der Waals surface area contributed by atoms with Gasteiger partial charge in [0.1, 0.15) is 16.5 Å². The smallest absolute Gasteiger partial charge is 0.273 e. The first-order valence-electron chi connectivity index (χ1n) is 13.0. The minimum absolute atomic E-state index is 0.108. The van der Waals surface area contributed by atoms with Crippen molar-refractivity contribution in [1.29, 1.82) is 0 Å². The Kier molecular flexibility index (Phi) is 8.00. The summed E-state index contributed by atoms with van der Waals surface area (Å²) in [6.45, 7) is 4.17. The molecule has 0 unspecified atom stereocenters. The highest BCUT2D eigenvalue weighted by Crippen LogP contribution is 2.32. The molecule has 6 rings (SSSR count). The number of benzene rings is 2. The SMILES string of the molecule is Cc1ccc(Cl)cc1-n1c(SCc2nc(C(=O)N3CCN(c4ccccc4F)CC3)cs2)nnc1-c1ccncc1. The zero-order valence-corrected chi connectivity index (χ0v) is 24.5. The molecule has 0 atom stereocenters. The van der Waals surface area contributed by atoms with E-state index in [-0.39, 0.29) is 11.7 Å². The summed E-state index contributed by atoms with van der Waals surface area (Å²) in [5.74, 6) is 0.851. The molecule has 0 saturated carbocycles. The summed E-state index contributed by atoms with van der Waals surface area (Å²) in [4.78, 5) is 25.7. The Hall–Kier alpha value is -3.80. The number of aromatic nitrogens is 5. The van der Waals surface area contributed by atoms with Crippen molar-refractivity contribution in [3.8, 4) is 17.1 Å². The Morgan fingerprint density at radius 3 is 2.59 bits per heavy atom. The van der Waals surface area contributed by atoms with Crippen LogP contribution >= 0.6 is 34.7 Å². The lowest BCUT2D eigenvalue weighted by atomic mass is 10.2. The van der Waals surface area contributed by atoms with E-state index in [0.717, 1.165) is 21.8 Å². The molecule has 1 saturated heterocycles. The second-order valence-corrected chi connectivity index (χ2v) is 11.8. The number of anilines is 1. The number of rotatable bonds is 7. The van der Waals surface area contributed by atoms with E-state index in [1.807, 2.05) is 52.8 Å². The molecule has 0 spiro atoms. The number of amides is 1. The summed E-state index contributed by atoms with van der Waals surface area (Å²) in [6.07, 6.45) is 3.44. The van der Waals surface area contributed by atoms with Crippen molar-refractivity contribution in [3.05, 3.63) is 99.5 Å². The van der Waals surface area contributed by atoms with Crippen LogP contribution in [0.3, 0.4) is 0 Å². The number of piperazine rings is 1. The van der Waals surface area contributed by atoms with E-state index in [1.54, 1.807) is 34.8 Å². The van der Waals surface area contributed by atoms with Crippen LogP contribution in [0, 0.1) is 12.7 Å². The fourth-order valence-corrected chi connectivity index (χ4v) is 6.61. The molecule has 3 aromatic heterocycles. The number of hydrogen-bond acceptors (Lipinski definition) is 8. The number of pyridine rings is 1. The maximum Gasteiger partial charge on any atom is 0.273 e. The molecule has 1 aliphatic heterocycles. The highest BCUT2D eigenvalue weighted by Gasteiger charge is 2.25. The minimum Gasteiger partial charge on any atom is -0.366 e. The van der Waals surface area contributed by atoms with Crippen molar-refractivity contribution in [2.45, 2.75) is 17.8 Å². The molecule has 41 heavy (non-hydrogen) atoms. The molecule has 1 amide bonds. The minimum atomic E-state index is -0.247. The molecule has 5 aromatic rings. The van der Waals surface area contributed by atoms with Gasteiger partial charge in [0.2, 0.25) is 0 Å². The highest BCUT2D eigenvalue weighted by molar-refractivity contribution is 7.98. The zero-order chi connectivity index (χ0) is 28.3. The maximum atomic E-state index is 14.2. The van der Waals surface area contributed by atoms with Crippen LogP contribution in [-0.2, 0) is 5.75 Å². The lowest BCUT2D eigenvalue weighted by Crippen LogP contribution is -2.49. The predicted octanol–water partition coefficient (Wildman–Crippen LogP) is 6.14. The highest BCUT2D eigenvalue weighted by atomic mass is 35.5. The molecular formula is C29H25ClFN7OS2. The average Bonchev–Trinajstić information content (AvgIpc) is 3.65. The van der Waals surface area contributed by atoms with Gasteiger partial charge >= 0.3 is 0 Å². The van der Waals surface area contributed by atoms with E-state index in [1.165, 1.54) is 29.2 Å². The molecule has 4 heterocycles. The number of aryl methyl sites for hydroxylation is 1. The Bertz CT molecular complexity index is 1690. The monoisotopic (exact) mass is 605 g/mol. The van der Waals surface area contributed by atoms with Gasteiger partial charge < -0.3 is 9.80 Å². The van der Waals surface area contributed by atoms with E-state index < -0.39 is 0 Å².